The Hall–Kier alpha value is -1.16. The average molecular weight is 229 g/mol. The lowest BCUT2D eigenvalue weighted by molar-refractivity contribution is 0.291. The number of nitrogens with zero attached hydrogens (tertiary/aromatic N) is 4. The number of hydrogen-bond acceptors (Lipinski definition) is 6. The highest BCUT2D eigenvalue weighted by Gasteiger charge is 2.31. The van der Waals surface area contributed by atoms with Gasteiger partial charge in [-0.2, -0.15) is 5.26 Å². The van der Waals surface area contributed by atoms with E-state index < -0.39 is 11.7 Å². The Balaban J connectivity index is 3.08. The fourth-order valence-corrected chi connectivity index (χ4v) is 1.18. The van der Waals surface area contributed by atoms with Gasteiger partial charge in [0.05, 0.1) is 6.07 Å². The first kappa shape index (κ1) is 11.9. The van der Waals surface area contributed by atoms with Crippen LogP contribution >= 0.6 is 11.6 Å². The first-order valence-corrected chi connectivity index (χ1v) is 4.75. The highest BCUT2D eigenvalue weighted by atomic mass is 35.5. The van der Waals surface area contributed by atoms with E-state index in [2.05, 4.69) is 21.4 Å². The second-order valence-corrected chi connectivity index (χ2v) is 3.98. The molecule has 0 aliphatic carbocycles. The molecule has 0 aromatic heterocycles. The van der Waals surface area contributed by atoms with E-state index in [-0.39, 0.29) is 5.29 Å². The SMILES string of the molecule is CNC1N=C(C(C)(C)C#N)N=C(Cl)N1N. The Kier molecular flexibility index (Phi) is 3.29. The third-order valence-corrected chi connectivity index (χ3v) is 2.30. The Labute approximate surface area is 93.4 Å². The van der Waals surface area contributed by atoms with Crippen LogP contribution in [-0.4, -0.2) is 29.5 Å². The van der Waals surface area contributed by atoms with E-state index in [4.69, 9.17) is 22.7 Å². The molecule has 0 saturated heterocycles. The number of nitriles is 1. The van der Waals surface area contributed by atoms with Gasteiger partial charge in [0.25, 0.3) is 0 Å². The zero-order valence-corrected chi connectivity index (χ0v) is 9.58. The largest absolute Gasteiger partial charge is 0.280 e. The zero-order valence-electron chi connectivity index (χ0n) is 8.82. The van der Waals surface area contributed by atoms with Crippen LogP contribution in [-0.2, 0) is 0 Å². The number of amidine groups is 2. The number of hydrazine groups is 1. The first-order chi connectivity index (χ1) is 6.92. The normalized spacial score (nSPS) is 21.9. The quantitative estimate of drug-likeness (QED) is 0.523. The van der Waals surface area contributed by atoms with Crippen LogP contribution in [0, 0.1) is 16.7 Å². The molecule has 0 aromatic rings. The maximum Gasteiger partial charge on any atom is 0.217 e. The molecule has 15 heavy (non-hydrogen) atoms. The lowest BCUT2D eigenvalue weighted by Crippen LogP contribution is -2.52. The molecule has 0 fully saturated rings. The lowest BCUT2D eigenvalue weighted by atomic mass is 9.94. The van der Waals surface area contributed by atoms with Crippen molar-refractivity contribution in [2.75, 3.05) is 7.05 Å². The topological polar surface area (TPSA) is 89.8 Å². The minimum atomic E-state index is -0.781. The summed E-state index contributed by atoms with van der Waals surface area (Å²) in [5, 5.41) is 13.1. The molecular formula is C8H13ClN6. The molecule has 0 saturated carbocycles. The highest BCUT2D eigenvalue weighted by molar-refractivity contribution is 6.65. The summed E-state index contributed by atoms with van der Waals surface area (Å²) in [4.78, 5) is 8.16. The maximum atomic E-state index is 8.95. The van der Waals surface area contributed by atoms with E-state index in [1.807, 2.05) is 0 Å². The molecule has 0 amide bonds. The van der Waals surface area contributed by atoms with Crippen LogP contribution in [0.3, 0.4) is 0 Å². The molecule has 1 rings (SSSR count). The Morgan fingerprint density at radius 1 is 1.67 bits per heavy atom. The number of rotatable bonds is 2. The van der Waals surface area contributed by atoms with Gasteiger partial charge >= 0.3 is 0 Å². The second-order valence-electron chi connectivity index (χ2n) is 3.64. The summed E-state index contributed by atoms with van der Waals surface area (Å²) in [7, 11) is 1.69. The molecule has 6 nitrogen and oxygen atoms in total. The van der Waals surface area contributed by atoms with Crippen molar-refractivity contribution in [1.82, 2.24) is 10.3 Å². The third-order valence-electron chi connectivity index (χ3n) is 2.02. The van der Waals surface area contributed by atoms with Gasteiger partial charge in [-0.15, -0.1) is 0 Å². The zero-order chi connectivity index (χ0) is 11.6. The fourth-order valence-electron chi connectivity index (χ4n) is 1.01. The van der Waals surface area contributed by atoms with E-state index in [1.54, 1.807) is 20.9 Å². The van der Waals surface area contributed by atoms with Crippen molar-refractivity contribution < 1.29 is 0 Å². The minimum absolute atomic E-state index is 0.114. The number of nitrogens with one attached hydrogen (secondary N) is 1. The third kappa shape index (κ3) is 2.26. The molecule has 1 aliphatic rings. The van der Waals surface area contributed by atoms with Crippen molar-refractivity contribution in [2.45, 2.75) is 20.1 Å². The number of halogens is 1. The molecule has 1 aliphatic heterocycles. The standard InChI is InChI=1S/C8H13ClN6/c1-8(2,4-10)5-13-6(9)15(11)7(12-3)14-5/h7,12H,11H2,1-3H3. The summed E-state index contributed by atoms with van der Waals surface area (Å²) in [5.74, 6) is 5.97. The van der Waals surface area contributed by atoms with E-state index in [0.717, 1.165) is 0 Å². The van der Waals surface area contributed by atoms with Crippen molar-refractivity contribution in [3.05, 3.63) is 0 Å². The summed E-state index contributed by atoms with van der Waals surface area (Å²) >= 11 is 5.82. The van der Waals surface area contributed by atoms with Gasteiger partial charge in [-0.05, 0) is 32.5 Å². The van der Waals surface area contributed by atoms with Crippen LogP contribution in [0.25, 0.3) is 0 Å². The van der Waals surface area contributed by atoms with Crippen molar-refractivity contribution in [3.8, 4) is 6.07 Å². The van der Waals surface area contributed by atoms with E-state index >= 15 is 0 Å². The Morgan fingerprint density at radius 2 is 2.27 bits per heavy atom. The van der Waals surface area contributed by atoms with Crippen molar-refractivity contribution in [3.63, 3.8) is 0 Å². The van der Waals surface area contributed by atoms with Crippen LogP contribution in [0.5, 0.6) is 0 Å². The first-order valence-electron chi connectivity index (χ1n) is 4.37. The van der Waals surface area contributed by atoms with Crippen LogP contribution in [0.15, 0.2) is 9.98 Å². The molecular weight excluding hydrogens is 216 g/mol. The van der Waals surface area contributed by atoms with Crippen molar-refractivity contribution in [1.29, 1.82) is 5.26 Å². The second kappa shape index (κ2) is 4.14. The lowest BCUT2D eigenvalue weighted by Gasteiger charge is -2.30. The molecule has 1 heterocycles. The summed E-state index contributed by atoms with van der Waals surface area (Å²) in [5.41, 5.74) is -0.781. The minimum Gasteiger partial charge on any atom is -0.280 e. The highest BCUT2D eigenvalue weighted by Crippen LogP contribution is 2.21. The van der Waals surface area contributed by atoms with Crippen LogP contribution in [0.4, 0.5) is 0 Å². The molecule has 82 valence electrons. The van der Waals surface area contributed by atoms with Gasteiger partial charge in [0.1, 0.15) is 11.3 Å². The van der Waals surface area contributed by atoms with Crippen LogP contribution in [0.1, 0.15) is 13.8 Å². The molecule has 0 radical (unpaired) electrons. The predicted octanol–water partition coefficient (Wildman–Crippen LogP) is 0.222. The summed E-state index contributed by atoms with van der Waals surface area (Å²) in [6, 6.07) is 2.11. The molecule has 0 spiro atoms. The van der Waals surface area contributed by atoms with Crippen molar-refractivity contribution >= 4 is 22.7 Å². The van der Waals surface area contributed by atoms with Gasteiger partial charge < -0.3 is 0 Å². The van der Waals surface area contributed by atoms with Crippen LogP contribution in [0.2, 0.25) is 0 Å². The predicted molar refractivity (Wildman–Crippen MR) is 59.0 cm³/mol. The van der Waals surface area contributed by atoms with Crippen LogP contribution < -0.4 is 11.2 Å². The van der Waals surface area contributed by atoms with E-state index in [1.165, 1.54) is 5.01 Å². The van der Waals surface area contributed by atoms with Gasteiger partial charge in [0, 0.05) is 0 Å². The van der Waals surface area contributed by atoms with E-state index in [0.29, 0.717) is 5.84 Å². The number of aliphatic imine (C=N–C) groups is 2. The molecule has 1 unspecified atom stereocenters. The molecule has 3 N–H and O–H groups in total. The van der Waals surface area contributed by atoms with Crippen molar-refractivity contribution in [2.24, 2.45) is 21.2 Å². The van der Waals surface area contributed by atoms with E-state index in [9.17, 15) is 0 Å². The molecule has 1 atom stereocenters. The monoisotopic (exact) mass is 228 g/mol. The Bertz CT molecular complexity index is 353. The molecule has 7 heteroatoms. The summed E-state index contributed by atoms with van der Waals surface area (Å²) in [6.07, 6.45) is -0.488. The number of nitrogens with two attached hydrogens (primary N) is 1. The number of hydrogen-bond donors (Lipinski definition) is 2. The van der Waals surface area contributed by atoms with Gasteiger partial charge in [-0.25, -0.2) is 20.8 Å². The summed E-state index contributed by atoms with van der Waals surface area (Å²) in [6.45, 7) is 3.44. The van der Waals surface area contributed by atoms with Gasteiger partial charge in [-0.3, -0.25) is 5.32 Å². The Morgan fingerprint density at radius 3 is 2.73 bits per heavy atom. The smallest absolute Gasteiger partial charge is 0.217 e. The van der Waals surface area contributed by atoms with Gasteiger partial charge in [0.15, 0.2) is 6.29 Å². The molecule has 0 aromatic carbocycles. The average Bonchev–Trinajstić information content (AvgIpc) is 2.21. The molecule has 0 bridgehead atoms. The maximum absolute atomic E-state index is 8.95. The van der Waals surface area contributed by atoms with Gasteiger partial charge in [0.2, 0.25) is 5.29 Å². The van der Waals surface area contributed by atoms with Gasteiger partial charge in [-0.1, -0.05) is 0 Å². The fraction of sp³-hybridized carbons (Fsp3) is 0.625. The summed E-state index contributed by atoms with van der Waals surface area (Å²) < 4.78 is 0.